The van der Waals surface area contributed by atoms with Crippen molar-refractivity contribution in [2.75, 3.05) is 0 Å². The second kappa shape index (κ2) is 7.45. The molecule has 9 heteroatoms. The average Bonchev–Trinajstić information content (AvgIpc) is 2.92. The molecule has 2 aliphatic heterocycles. The van der Waals surface area contributed by atoms with E-state index in [0.29, 0.717) is 5.56 Å². The summed E-state index contributed by atoms with van der Waals surface area (Å²) in [7, 11) is 0. The first-order valence-electron chi connectivity index (χ1n) is 8.91. The van der Waals surface area contributed by atoms with Crippen LogP contribution in [-0.2, 0) is 14.4 Å². The standard InChI is InChI=1S/C19H22N4O4S/c1-10(9-20)21-12(11-7-5-4-6-8-11)15(24)22-13-16(25)23-14(18(26)27)19(2,3)28-17(13)23/h4-8,10,12-14,17,21H,1-3H3,(H,22,24)(H,26,27)/t10?,12?,13?,14-,17+/m0/s1. The van der Waals surface area contributed by atoms with Gasteiger partial charge in [-0.25, -0.2) is 4.79 Å². The average molecular weight is 402 g/mol. The molecule has 0 saturated carbocycles. The first-order valence-corrected chi connectivity index (χ1v) is 9.79. The van der Waals surface area contributed by atoms with Crippen molar-refractivity contribution in [2.45, 2.75) is 55.1 Å². The lowest BCUT2D eigenvalue weighted by molar-refractivity contribution is -0.161. The summed E-state index contributed by atoms with van der Waals surface area (Å²) < 4.78 is -0.655. The predicted octanol–water partition coefficient (Wildman–Crippen LogP) is 0.861. The molecule has 8 nitrogen and oxygen atoms in total. The van der Waals surface area contributed by atoms with Gasteiger partial charge in [-0.15, -0.1) is 11.8 Å². The number of hydrogen-bond donors (Lipinski definition) is 3. The fourth-order valence-electron chi connectivity index (χ4n) is 3.64. The summed E-state index contributed by atoms with van der Waals surface area (Å²) in [6.45, 7) is 5.21. The lowest BCUT2D eigenvalue weighted by Crippen LogP contribution is -2.71. The van der Waals surface area contributed by atoms with Crippen LogP contribution in [0.3, 0.4) is 0 Å². The monoisotopic (exact) mass is 402 g/mol. The number of benzene rings is 1. The van der Waals surface area contributed by atoms with E-state index in [2.05, 4.69) is 10.6 Å². The van der Waals surface area contributed by atoms with Crippen molar-refractivity contribution < 1.29 is 19.5 Å². The number of rotatable bonds is 6. The Hall–Kier alpha value is -2.57. The molecular formula is C19H22N4O4S. The largest absolute Gasteiger partial charge is 0.480 e. The minimum absolute atomic E-state index is 0.399. The molecule has 2 fully saturated rings. The number of nitriles is 1. The van der Waals surface area contributed by atoms with Gasteiger partial charge in [0, 0.05) is 4.75 Å². The van der Waals surface area contributed by atoms with Crippen molar-refractivity contribution in [1.82, 2.24) is 15.5 Å². The number of carbonyl (C=O) groups excluding carboxylic acids is 2. The van der Waals surface area contributed by atoms with Crippen molar-refractivity contribution in [2.24, 2.45) is 0 Å². The molecule has 3 rings (SSSR count). The first-order chi connectivity index (χ1) is 13.2. The molecule has 2 amide bonds. The van der Waals surface area contributed by atoms with Gasteiger partial charge in [-0.3, -0.25) is 14.9 Å². The molecule has 2 saturated heterocycles. The summed E-state index contributed by atoms with van der Waals surface area (Å²) in [5, 5.41) is 23.9. The zero-order valence-corrected chi connectivity index (χ0v) is 16.6. The Kier molecular flexibility index (Phi) is 5.37. The number of hydrogen-bond acceptors (Lipinski definition) is 6. The molecule has 3 unspecified atom stereocenters. The van der Waals surface area contributed by atoms with E-state index in [4.69, 9.17) is 5.26 Å². The van der Waals surface area contributed by atoms with Crippen molar-refractivity contribution in [3.63, 3.8) is 0 Å². The Morgan fingerprint density at radius 2 is 1.96 bits per heavy atom. The number of thioether (sulfide) groups is 1. The molecule has 0 aliphatic carbocycles. The van der Waals surface area contributed by atoms with Crippen LogP contribution in [0.2, 0.25) is 0 Å². The normalized spacial score (nSPS) is 27.1. The highest BCUT2D eigenvalue weighted by molar-refractivity contribution is 8.01. The maximum absolute atomic E-state index is 12.9. The Bertz CT molecular complexity index is 838. The summed E-state index contributed by atoms with van der Waals surface area (Å²) in [6.07, 6.45) is 0. The predicted molar refractivity (Wildman–Crippen MR) is 103 cm³/mol. The maximum Gasteiger partial charge on any atom is 0.327 e. The van der Waals surface area contributed by atoms with Crippen molar-refractivity contribution >= 4 is 29.5 Å². The first kappa shape index (κ1) is 20.2. The number of aliphatic carboxylic acids is 1. The van der Waals surface area contributed by atoms with Crippen LogP contribution in [0.25, 0.3) is 0 Å². The van der Waals surface area contributed by atoms with Crippen LogP contribution >= 0.6 is 11.8 Å². The van der Waals surface area contributed by atoms with Crippen molar-refractivity contribution in [3.8, 4) is 6.07 Å². The molecule has 0 aromatic heterocycles. The van der Waals surface area contributed by atoms with Gasteiger partial charge < -0.3 is 15.3 Å². The number of nitrogens with zero attached hydrogens (tertiary/aromatic N) is 2. The number of carboxylic acid groups (broad SMARTS) is 1. The van der Waals surface area contributed by atoms with Gasteiger partial charge in [0.2, 0.25) is 11.8 Å². The third-order valence-electron chi connectivity index (χ3n) is 4.98. The van der Waals surface area contributed by atoms with Gasteiger partial charge in [-0.1, -0.05) is 30.3 Å². The molecule has 0 spiro atoms. The third-order valence-corrected chi connectivity index (χ3v) is 6.55. The topological polar surface area (TPSA) is 123 Å². The van der Waals surface area contributed by atoms with E-state index in [1.807, 2.05) is 12.1 Å². The second-order valence-electron chi connectivity index (χ2n) is 7.45. The Balaban J connectivity index is 1.77. The summed E-state index contributed by atoms with van der Waals surface area (Å²) in [5.41, 5.74) is 0.675. The van der Waals surface area contributed by atoms with Gasteiger partial charge in [0.05, 0.1) is 12.1 Å². The Morgan fingerprint density at radius 3 is 2.54 bits per heavy atom. The molecule has 3 N–H and O–H groups in total. The molecule has 2 heterocycles. The number of β-lactam (4-membered cyclic amide) rings is 1. The van der Waals surface area contributed by atoms with Gasteiger partial charge in [-0.05, 0) is 26.3 Å². The zero-order chi connectivity index (χ0) is 20.6. The van der Waals surface area contributed by atoms with Gasteiger partial charge >= 0.3 is 5.97 Å². The molecular weight excluding hydrogens is 380 g/mol. The molecule has 0 radical (unpaired) electrons. The lowest BCUT2D eigenvalue weighted by atomic mass is 9.95. The molecule has 148 valence electrons. The van der Waals surface area contributed by atoms with Crippen LogP contribution in [-0.4, -0.2) is 56.0 Å². The van der Waals surface area contributed by atoms with Crippen molar-refractivity contribution in [3.05, 3.63) is 35.9 Å². The summed E-state index contributed by atoms with van der Waals surface area (Å²) in [5.74, 6) is -1.88. The maximum atomic E-state index is 12.9. The molecule has 28 heavy (non-hydrogen) atoms. The summed E-state index contributed by atoms with van der Waals surface area (Å²) in [6, 6.07) is 7.90. The highest BCUT2D eigenvalue weighted by Crippen LogP contribution is 2.50. The fraction of sp³-hybridized carbons (Fsp3) is 0.474. The summed E-state index contributed by atoms with van der Waals surface area (Å²) in [4.78, 5) is 38.4. The van der Waals surface area contributed by atoms with E-state index in [1.165, 1.54) is 16.7 Å². The molecule has 1 aromatic carbocycles. The van der Waals surface area contributed by atoms with E-state index in [9.17, 15) is 19.5 Å². The van der Waals surface area contributed by atoms with Gasteiger partial charge in [-0.2, -0.15) is 5.26 Å². The van der Waals surface area contributed by atoms with E-state index in [1.54, 1.807) is 45.0 Å². The number of carbonyl (C=O) groups is 3. The minimum Gasteiger partial charge on any atom is -0.480 e. The van der Waals surface area contributed by atoms with Gasteiger partial charge in [0.15, 0.2) is 0 Å². The Labute approximate surface area is 167 Å². The van der Waals surface area contributed by atoms with Crippen LogP contribution in [0, 0.1) is 11.3 Å². The Morgan fingerprint density at radius 1 is 1.32 bits per heavy atom. The fourth-order valence-corrected chi connectivity index (χ4v) is 5.26. The zero-order valence-electron chi connectivity index (χ0n) is 15.7. The quantitative estimate of drug-likeness (QED) is 0.603. The van der Waals surface area contributed by atoms with E-state index < -0.39 is 52.1 Å². The van der Waals surface area contributed by atoms with E-state index in [-0.39, 0.29) is 0 Å². The van der Waals surface area contributed by atoms with Crippen LogP contribution in [0.4, 0.5) is 0 Å². The van der Waals surface area contributed by atoms with Crippen LogP contribution in [0.15, 0.2) is 30.3 Å². The third kappa shape index (κ3) is 3.45. The number of amides is 2. The number of carboxylic acids is 1. The molecule has 5 atom stereocenters. The smallest absolute Gasteiger partial charge is 0.327 e. The minimum atomic E-state index is -1.05. The highest BCUT2D eigenvalue weighted by Gasteiger charge is 2.64. The molecule has 2 aliphatic rings. The molecule has 0 bridgehead atoms. The van der Waals surface area contributed by atoms with E-state index in [0.717, 1.165) is 0 Å². The number of fused-ring (bicyclic) bond motifs is 1. The van der Waals surface area contributed by atoms with Crippen LogP contribution in [0.1, 0.15) is 32.4 Å². The number of nitrogens with one attached hydrogen (secondary N) is 2. The summed E-state index contributed by atoms with van der Waals surface area (Å²) >= 11 is 1.37. The van der Waals surface area contributed by atoms with Gasteiger partial charge in [0.25, 0.3) is 0 Å². The lowest BCUT2D eigenvalue weighted by Gasteiger charge is -2.44. The van der Waals surface area contributed by atoms with E-state index >= 15 is 0 Å². The van der Waals surface area contributed by atoms with Crippen LogP contribution < -0.4 is 10.6 Å². The van der Waals surface area contributed by atoms with Gasteiger partial charge in [0.1, 0.15) is 23.5 Å². The SMILES string of the molecule is CC(C#N)NC(C(=O)NC1C(=O)N2[C@@H]1SC(C)(C)[C@@H]2C(=O)O)c1ccccc1. The highest BCUT2D eigenvalue weighted by atomic mass is 32.2. The molecule has 1 aromatic rings. The van der Waals surface area contributed by atoms with Crippen molar-refractivity contribution in [1.29, 1.82) is 5.26 Å². The van der Waals surface area contributed by atoms with Crippen LogP contribution in [0.5, 0.6) is 0 Å². The second-order valence-corrected chi connectivity index (χ2v) is 9.22.